The van der Waals surface area contributed by atoms with Crippen molar-refractivity contribution in [1.29, 1.82) is 0 Å². The highest BCUT2D eigenvalue weighted by molar-refractivity contribution is 6.39. The monoisotopic (exact) mass is 473 g/mol. The van der Waals surface area contributed by atoms with Gasteiger partial charge in [0.2, 0.25) is 5.91 Å². The van der Waals surface area contributed by atoms with Gasteiger partial charge in [0.25, 0.3) is 5.91 Å². The summed E-state index contributed by atoms with van der Waals surface area (Å²) in [7, 11) is 1.62. The topological polar surface area (TPSA) is 63.6 Å². The second-order valence-corrected chi connectivity index (χ2v) is 8.10. The van der Waals surface area contributed by atoms with E-state index in [1.165, 1.54) is 4.90 Å². The number of halogens is 2. The average molecular weight is 474 g/mol. The van der Waals surface area contributed by atoms with Crippen molar-refractivity contribution in [2.45, 2.75) is 20.8 Å². The van der Waals surface area contributed by atoms with Gasteiger partial charge in [0.15, 0.2) is 0 Å². The van der Waals surface area contributed by atoms with Crippen molar-refractivity contribution >= 4 is 40.7 Å². The molecule has 0 aliphatic rings. The lowest BCUT2D eigenvalue weighted by Gasteiger charge is -2.21. The molecular weight excluding hydrogens is 449 g/mol. The van der Waals surface area contributed by atoms with E-state index in [1.54, 1.807) is 25.3 Å². The number of rotatable bonds is 7. The van der Waals surface area contributed by atoms with E-state index in [2.05, 4.69) is 5.32 Å². The Morgan fingerprint density at radius 3 is 2.25 bits per heavy atom. The van der Waals surface area contributed by atoms with Gasteiger partial charge in [-0.3, -0.25) is 9.59 Å². The van der Waals surface area contributed by atoms with Gasteiger partial charge < -0.3 is 19.5 Å². The van der Waals surface area contributed by atoms with Crippen LogP contribution in [-0.2, 0) is 4.79 Å². The summed E-state index contributed by atoms with van der Waals surface area (Å²) in [5, 5.41) is 3.38. The Kier molecular flexibility index (Phi) is 7.48. The van der Waals surface area contributed by atoms with Crippen LogP contribution in [0.5, 0.6) is 5.75 Å². The first-order chi connectivity index (χ1) is 15.3. The number of para-hydroxylation sites is 1. The number of hydrogen-bond acceptors (Lipinski definition) is 3. The van der Waals surface area contributed by atoms with Crippen LogP contribution in [0.3, 0.4) is 0 Å². The second-order valence-electron chi connectivity index (χ2n) is 7.28. The van der Waals surface area contributed by atoms with Crippen LogP contribution in [0, 0.1) is 13.8 Å². The van der Waals surface area contributed by atoms with Crippen molar-refractivity contribution in [3.8, 4) is 11.4 Å². The quantitative estimate of drug-likeness (QED) is 0.491. The summed E-state index contributed by atoms with van der Waals surface area (Å²) >= 11 is 12.3. The van der Waals surface area contributed by atoms with Crippen LogP contribution >= 0.6 is 23.2 Å². The minimum Gasteiger partial charge on any atom is -0.497 e. The van der Waals surface area contributed by atoms with E-state index >= 15 is 0 Å². The number of ether oxygens (including phenoxy) is 1. The van der Waals surface area contributed by atoms with Gasteiger partial charge in [-0.1, -0.05) is 29.3 Å². The van der Waals surface area contributed by atoms with Gasteiger partial charge in [0, 0.05) is 23.6 Å². The maximum absolute atomic E-state index is 13.3. The van der Waals surface area contributed by atoms with Gasteiger partial charge in [-0.15, -0.1) is 0 Å². The van der Waals surface area contributed by atoms with Crippen LogP contribution in [0.15, 0.2) is 48.5 Å². The van der Waals surface area contributed by atoms with Gasteiger partial charge in [-0.05, 0) is 63.2 Å². The van der Waals surface area contributed by atoms with Crippen molar-refractivity contribution in [2.24, 2.45) is 0 Å². The molecule has 0 fully saturated rings. The molecule has 0 aliphatic carbocycles. The summed E-state index contributed by atoms with van der Waals surface area (Å²) in [4.78, 5) is 27.4. The van der Waals surface area contributed by atoms with Gasteiger partial charge in [-0.2, -0.15) is 0 Å². The summed E-state index contributed by atoms with van der Waals surface area (Å²) in [6.45, 7) is 5.91. The summed E-state index contributed by atoms with van der Waals surface area (Å²) < 4.78 is 7.23. The number of methoxy groups -OCH3 is 1. The molecule has 1 aromatic heterocycles. The first-order valence-corrected chi connectivity index (χ1v) is 10.9. The second kappa shape index (κ2) is 10.1. The van der Waals surface area contributed by atoms with Gasteiger partial charge in [-0.25, -0.2) is 0 Å². The van der Waals surface area contributed by atoms with Crippen LogP contribution in [0.25, 0.3) is 5.69 Å². The fourth-order valence-electron chi connectivity index (χ4n) is 3.58. The smallest absolute Gasteiger partial charge is 0.256 e. The standard InChI is InChI=1S/C24H25Cl2N3O3/c1-5-28(14-22(30)27-23-20(25)7-6-8-21(23)26)24(31)19-13-15(2)29(16(19)3)17-9-11-18(32-4)12-10-17/h6-13H,5,14H2,1-4H3,(H,27,30). The van der Waals surface area contributed by atoms with Crippen molar-refractivity contribution in [3.63, 3.8) is 0 Å². The number of carbonyl (C=O) groups is 2. The van der Waals surface area contributed by atoms with E-state index in [0.29, 0.717) is 27.8 Å². The molecule has 0 saturated carbocycles. The Morgan fingerprint density at radius 1 is 1.06 bits per heavy atom. The molecule has 3 aromatic rings. The molecule has 3 rings (SSSR count). The summed E-state index contributed by atoms with van der Waals surface area (Å²) in [6.07, 6.45) is 0. The number of carbonyl (C=O) groups excluding carboxylic acids is 2. The molecule has 0 unspecified atom stereocenters. The van der Waals surface area contributed by atoms with Crippen LogP contribution in [0.2, 0.25) is 10.0 Å². The van der Waals surface area contributed by atoms with Crippen LogP contribution in [0.1, 0.15) is 28.7 Å². The molecule has 0 bridgehead atoms. The molecule has 0 atom stereocenters. The predicted octanol–water partition coefficient (Wildman–Crippen LogP) is 5.51. The number of amides is 2. The highest BCUT2D eigenvalue weighted by Gasteiger charge is 2.23. The number of nitrogens with zero attached hydrogens (tertiary/aromatic N) is 2. The van der Waals surface area contributed by atoms with E-state index < -0.39 is 0 Å². The number of hydrogen-bond donors (Lipinski definition) is 1. The molecule has 0 saturated heterocycles. The van der Waals surface area contributed by atoms with Crippen molar-refractivity contribution in [3.05, 3.63) is 75.5 Å². The summed E-state index contributed by atoms with van der Waals surface area (Å²) in [5.41, 5.74) is 3.52. The van der Waals surface area contributed by atoms with Crippen LogP contribution in [-0.4, -0.2) is 41.5 Å². The van der Waals surface area contributed by atoms with Crippen LogP contribution in [0.4, 0.5) is 5.69 Å². The molecule has 1 N–H and O–H groups in total. The first kappa shape index (κ1) is 23.7. The maximum atomic E-state index is 13.3. The third-order valence-electron chi connectivity index (χ3n) is 5.22. The number of likely N-dealkylation sites (N-methyl/N-ethyl adjacent to an activating group) is 1. The Bertz CT molecular complexity index is 1120. The SMILES string of the molecule is CCN(CC(=O)Nc1c(Cl)cccc1Cl)C(=O)c1cc(C)n(-c2ccc(OC)cc2)c1C. The Labute approximate surface area is 197 Å². The number of aromatic nitrogens is 1. The van der Waals surface area contributed by atoms with Gasteiger partial charge in [0.1, 0.15) is 12.3 Å². The Balaban J connectivity index is 1.81. The van der Waals surface area contributed by atoms with E-state index in [9.17, 15) is 9.59 Å². The number of aryl methyl sites for hydroxylation is 1. The minimum absolute atomic E-state index is 0.122. The van der Waals surface area contributed by atoms with Crippen molar-refractivity contribution in [1.82, 2.24) is 9.47 Å². The zero-order chi connectivity index (χ0) is 23.4. The lowest BCUT2D eigenvalue weighted by atomic mass is 10.2. The molecule has 168 valence electrons. The first-order valence-electron chi connectivity index (χ1n) is 10.1. The van der Waals surface area contributed by atoms with Crippen molar-refractivity contribution in [2.75, 3.05) is 25.5 Å². The zero-order valence-corrected chi connectivity index (χ0v) is 19.9. The molecule has 2 amide bonds. The van der Waals surface area contributed by atoms with Gasteiger partial charge >= 0.3 is 0 Å². The van der Waals surface area contributed by atoms with Crippen molar-refractivity contribution < 1.29 is 14.3 Å². The number of anilines is 1. The molecule has 32 heavy (non-hydrogen) atoms. The lowest BCUT2D eigenvalue weighted by molar-refractivity contribution is -0.116. The van der Waals surface area contributed by atoms with Crippen LogP contribution < -0.4 is 10.1 Å². The molecule has 0 spiro atoms. The van der Waals surface area contributed by atoms with E-state index in [4.69, 9.17) is 27.9 Å². The maximum Gasteiger partial charge on any atom is 0.256 e. The number of benzene rings is 2. The largest absolute Gasteiger partial charge is 0.497 e. The van der Waals surface area contributed by atoms with E-state index in [0.717, 1.165) is 22.8 Å². The fourth-order valence-corrected chi connectivity index (χ4v) is 4.07. The average Bonchev–Trinajstić information content (AvgIpc) is 3.08. The lowest BCUT2D eigenvalue weighted by Crippen LogP contribution is -2.38. The Hall–Kier alpha value is -2.96. The third kappa shape index (κ3) is 4.92. The predicted molar refractivity (Wildman–Crippen MR) is 128 cm³/mol. The zero-order valence-electron chi connectivity index (χ0n) is 18.4. The Morgan fingerprint density at radius 2 is 1.69 bits per heavy atom. The molecule has 0 radical (unpaired) electrons. The normalized spacial score (nSPS) is 10.7. The van der Waals surface area contributed by atoms with E-state index in [1.807, 2.05) is 55.7 Å². The minimum atomic E-state index is -0.376. The third-order valence-corrected chi connectivity index (χ3v) is 5.85. The van der Waals surface area contributed by atoms with Gasteiger partial charge in [0.05, 0.1) is 28.4 Å². The van der Waals surface area contributed by atoms with E-state index in [-0.39, 0.29) is 18.4 Å². The highest BCUT2D eigenvalue weighted by Crippen LogP contribution is 2.30. The summed E-state index contributed by atoms with van der Waals surface area (Å²) in [6, 6.07) is 14.4. The highest BCUT2D eigenvalue weighted by atomic mass is 35.5. The summed E-state index contributed by atoms with van der Waals surface area (Å²) in [5.74, 6) is 0.161. The molecule has 2 aromatic carbocycles. The molecule has 0 aliphatic heterocycles. The fraction of sp³-hybridized carbons (Fsp3) is 0.250. The number of nitrogens with one attached hydrogen (secondary N) is 1. The molecule has 6 nitrogen and oxygen atoms in total. The molecular formula is C24H25Cl2N3O3. The molecule has 8 heteroatoms. The molecule has 1 heterocycles.